The Balaban J connectivity index is 1.35. The van der Waals surface area contributed by atoms with Crippen molar-refractivity contribution in [1.82, 2.24) is 9.80 Å². The number of carbonyl (C=O) groups is 1. The van der Waals surface area contributed by atoms with E-state index in [1.165, 1.54) is 5.56 Å². The quantitative estimate of drug-likeness (QED) is 0.411. The van der Waals surface area contributed by atoms with Gasteiger partial charge in [0.15, 0.2) is 18.1 Å². The molecule has 8 heteroatoms. The van der Waals surface area contributed by atoms with E-state index in [1.807, 2.05) is 43.3 Å². The maximum Gasteiger partial charge on any atom is 0.262 e. The molecule has 0 aromatic heterocycles. The molecule has 1 saturated heterocycles. The summed E-state index contributed by atoms with van der Waals surface area (Å²) in [4.78, 5) is 17.7. The van der Waals surface area contributed by atoms with E-state index < -0.39 is 0 Å². The fourth-order valence-corrected chi connectivity index (χ4v) is 4.65. The van der Waals surface area contributed by atoms with E-state index in [4.69, 9.17) is 33.3 Å². The summed E-state index contributed by atoms with van der Waals surface area (Å²) in [6, 6.07) is 21.6. The SMILES string of the molecule is COc1cc(C(=S)N2CCN(Cc3ccccc3)CC2)cc(Cl)c1OCC(=O)Nc1ccc(C)cc1. The van der Waals surface area contributed by atoms with Gasteiger partial charge in [0, 0.05) is 44.0 Å². The summed E-state index contributed by atoms with van der Waals surface area (Å²) < 4.78 is 11.3. The Morgan fingerprint density at radius 3 is 2.39 bits per heavy atom. The second-order valence-corrected chi connectivity index (χ2v) is 9.54. The molecule has 0 spiro atoms. The predicted molar refractivity (Wildman–Crippen MR) is 148 cm³/mol. The van der Waals surface area contributed by atoms with Crippen LogP contribution in [-0.4, -0.2) is 60.6 Å². The van der Waals surface area contributed by atoms with Gasteiger partial charge in [-0.15, -0.1) is 0 Å². The third kappa shape index (κ3) is 6.75. The third-order valence-corrected chi connectivity index (χ3v) is 6.84. The molecule has 3 aromatic rings. The summed E-state index contributed by atoms with van der Waals surface area (Å²) in [7, 11) is 1.54. The summed E-state index contributed by atoms with van der Waals surface area (Å²) >= 11 is 12.3. The number of anilines is 1. The van der Waals surface area contributed by atoms with Gasteiger partial charge < -0.3 is 19.7 Å². The molecule has 3 aromatic carbocycles. The third-order valence-electron chi connectivity index (χ3n) is 6.07. The van der Waals surface area contributed by atoms with Crippen molar-refractivity contribution in [3.05, 3.63) is 88.4 Å². The van der Waals surface area contributed by atoms with Gasteiger partial charge in [0.1, 0.15) is 4.99 Å². The summed E-state index contributed by atoms with van der Waals surface area (Å²) in [5, 5.41) is 3.15. The minimum atomic E-state index is -0.287. The predicted octanol–water partition coefficient (Wildman–Crippen LogP) is 5.17. The van der Waals surface area contributed by atoms with Gasteiger partial charge in [-0.1, -0.05) is 71.8 Å². The zero-order valence-corrected chi connectivity index (χ0v) is 22.1. The number of nitrogens with zero attached hydrogens (tertiary/aromatic N) is 2. The maximum absolute atomic E-state index is 12.4. The Morgan fingerprint density at radius 2 is 1.72 bits per heavy atom. The van der Waals surface area contributed by atoms with Crippen molar-refractivity contribution in [1.29, 1.82) is 0 Å². The standard InChI is InChI=1S/C28H30ClN3O3S/c1-20-8-10-23(11-9-20)30-26(33)19-35-27-24(29)16-22(17-25(27)34-2)28(36)32-14-12-31(13-15-32)18-21-6-4-3-5-7-21/h3-11,16-17H,12-15,18-19H2,1-2H3,(H,30,33). The van der Waals surface area contributed by atoms with Gasteiger partial charge in [0.25, 0.3) is 5.91 Å². The molecule has 0 bridgehead atoms. The van der Waals surface area contributed by atoms with Crippen LogP contribution in [0.4, 0.5) is 5.69 Å². The molecule has 4 rings (SSSR count). The van der Waals surface area contributed by atoms with Gasteiger partial charge in [-0.2, -0.15) is 0 Å². The normalized spacial score (nSPS) is 13.8. The van der Waals surface area contributed by atoms with Crippen molar-refractivity contribution in [3.63, 3.8) is 0 Å². The fraction of sp³-hybridized carbons (Fsp3) is 0.286. The van der Waals surface area contributed by atoms with Crippen LogP contribution in [-0.2, 0) is 11.3 Å². The van der Waals surface area contributed by atoms with Crippen LogP contribution in [0.3, 0.4) is 0 Å². The van der Waals surface area contributed by atoms with Gasteiger partial charge >= 0.3 is 0 Å². The molecule has 188 valence electrons. The van der Waals surface area contributed by atoms with Crippen LogP contribution >= 0.6 is 23.8 Å². The average Bonchev–Trinajstić information content (AvgIpc) is 2.89. The van der Waals surface area contributed by atoms with Crippen LogP contribution in [0.2, 0.25) is 5.02 Å². The van der Waals surface area contributed by atoms with Crippen molar-refractivity contribution in [2.75, 3.05) is 45.2 Å². The lowest BCUT2D eigenvalue weighted by Crippen LogP contribution is -2.48. The number of benzene rings is 3. The number of methoxy groups -OCH3 is 1. The fourth-order valence-electron chi connectivity index (χ4n) is 4.09. The number of aryl methyl sites for hydroxylation is 1. The minimum absolute atomic E-state index is 0.197. The molecular formula is C28H30ClN3O3S. The number of halogens is 1. The van der Waals surface area contributed by atoms with E-state index in [2.05, 4.69) is 39.4 Å². The molecule has 1 amide bonds. The average molecular weight is 524 g/mol. The smallest absolute Gasteiger partial charge is 0.262 e. The second kappa shape index (κ2) is 12.2. The Labute approximate surface area is 222 Å². The first kappa shape index (κ1) is 25.9. The highest BCUT2D eigenvalue weighted by atomic mass is 35.5. The van der Waals surface area contributed by atoms with Crippen molar-refractivity contribution >= 4 is 40.4 Å². The lowest BCUT2D eigenvalue weighted by Gasteiger charge is -2.36. The second-order valence-electron chi connectivity index (χ2n) is 8.75. The first-order chi connectivity index (χ1) is 17.4. The first-order valence-corrected chi connectivity index (χ1v) is 12.6. The molecule has 1 fully saturated rings. The van der Waals surface area contributed by atoms with Crippen molar-refractivity contribution < 1.29 is 14.3 Å². The Kier molecular flexibility index (Phi) is 8.80. The largest absolute Gasteiger partial charge is 0.493 e. The lowest BCUT2D eigenvalue weighted by molar-refractivity contribution is -0.118. The molecule has 1 aliphatic heterocycles. The monoisotopic (exact) mass is 523 g/mol. The van der Waals surface area contributed by atoms with Crippen molar-refractivity contribution in [2.24, 2.45) is 0 Å². The highest BCUT2D eigenvalue weighted by Gasteiger charge is 2.22. The van der Waals surface area contributed by atoms with Gasteiger partial charge in [-0.25, -0.2) is 0 Å². The number of amides is 1. The highest BCUT2D eigenvalue weighted by molar-refractivity contribution is 7.80. The molecule has 1 N–H and O–H groups in total. The van der Waals surface area contributed by atoms with Gasteiger partial charge in [-0.05, 0) is 36.8 Å². The first-order valence-electron chi connectivity index (χ1n) is 11.9. The number of carbonyl (C=O) groups excluding carboxylic acids is 1. The number of rotatable bonds is 8. The van der Waals surface area contributed by atoms with E-state index >= 15 is 0 Å². The van der Waals surface area contributed by atoms with E-state index in [0.29, 0.717) is 22.2 Å². The highest BCUT2D eigenvalue weighted by Crippen LogP contribution is 2.37. The minimum Gasteiger partial charge on any atom is -0.493 e. The number of hydrogen-bond donors (Lipinski definition) is 1. The molecule has 0 radical (unpaired) electrons. The Hall–Kier alpha value is -3.13. The van der Waals surface area contributed by atoms with Crippen LogP contribution in [0, 0.1) is 6.92 Å². The number of nitrogens with one attached hydrogen (secondary N) is 1. The number of ether oxygens (including phenoxy) is 2. The van der Waals surface area contributed by atoms with Gasteiger partial charge in [0.05, 0.1) is 12.1 Å². The van der Waals surface area contributed by atoms with Crippen LogP contribution in [0.5, 0.6) is 11.5 Å². The molecule has 36 heavy (non-hydrogen) atoms. The Morgan fingerprint density at radius 1 is 1.03 bits per heavy atom. The summed E-state index contributed by atoms with van der Waals surface area (Å²) in [6.07, 6.45) is 0. The van der Waals surface area contributed by atoms with E-state index in [0.717, 1.165) is 48.8 Å². The van der Waals surface area contributed by atoms with Gasteiger partial charge in [0.2, 0.25) is 0 Å². The molecule has 0 aliphatic carbocycles. The number of hydrogen-bond acceptors (Lipinski definition) is 5. The summed E-state index contributed by atoms with van der Waals surface area (Å²) in [5.74, 6) is 0.466. The van der Waals surface area contributed by atoms with Crippen LogP contribution in [0.1, 0.15) is 16.7 Å². The van der Waals surface area contributed by atoms with E-state index in [1.54, 1.807) is 13.2 Å². The number of thiocarbonyl (C=S) groups is 1. The molecule has 0 saturated carbocycles. The molecular weight excluding hydrogens is 494 g/mol. The molecule has 0 unspecified atom stereocenters. The van der Waals surface area contributed by atoms with E-state index in [-0.39, 0.29) is 12.5 Å². The maximum atomic E-state index is 12.4. The van der Waals surface area contributed by atoms with Crippen LogP contribution < -0.4 is 14.8 Å². The summed E-state index contributed by atoms with van der Waals surface area (Å²) in [5.41, 5.74) is 3.93. The zero-order valence-electron chi connectivity index (χ0n) is 20.5. The van der Waals surface area contributed by atoms with Crippen molar-refractivity contribution in [3.8, 4) is 11.5 Å². The topological polar surface area (TPSA) is 54.0 Å². The molecule has 1 heterocycles. The van der Waals surface area contributed by atoms with Crippen LogP contribution in [0.25, 0.3) is 0 Å². The van der Waals surface area contributed by atoms with Crippen LogP contribution in [0.15, 0.2) is 66.7 Å². The number of piperazine rings is 1. The van der Waals surface area contributed by atoms with E-state index in [9.17, 15) is 4.79 Å². The lowest BCUT2D eigenvalue weighted by atomic mass is 10.1. The zero-order chi connectivity index (χ0) is 25.5. The van der Waals surface area contributed by atoms with Crippen molar-refractivity contribution in [2.45, 2.75) is 13.5 Å². The van der Waals surface area contributed by atoms with Gasteiger partial charge in [-0.3, -0.25) is 9.69 Å². The molecule has 0 atom stereocenters. The Bertz CT molecular complexity index is 1200. The molecule has 1 aliphatic rings. The molecule has 6 nitrogen and oxygen atoms in total. The summed E-state index contributed by atoms with van der Waals surface area (Å²) in [6.45, 7) is 6.26.